The Hall–Kier alpha value is -3.16. The number of benzene rings is 1. The monoisotopic (exact) mass is 661 g/mol. The fourth-order valence-corrected chi connectivity index (χ4v) is 7.24. The number of imidazole rings is 1. The molecule has 256 valence electrons. The van der Waals surface area contributed by atoms with Crippen molar-refractivity contribution in [2.45, 2.75) is 95.4 Å². The van der Waals surface area contributed by atoms with Gasteiger partial charge in [0.25, 0.3) is 15.9 Å². The molecule has 2 N–H and O–H groups in total. The van der Waals surface area contributed by atoms with Crippen molar-refractivity contribution >= 4 is 27.5 Å². The molecule has 0 saturated heterocycles. The lowest BCUT2D eigenvalue weighted by Crippen LogP contribution is -2.48. The summed E-state index contributed by atoms with van der Waals surface area (Å²) in [6.07, 6.45) is 9.78. The normalized spacial score (nSPS) is 23.1. The molecule has 0 radical (unpaired) electrons. The van der Waals surface area contributed by atoms with Gasteiger partial charge in [0, 0.05) is 57.5 Å². The topological polar surface area (TPSA) is 143 Å². The summed E-state index contributed by atoms with van der Waals surface area (Å²) in [5, 5.41) is 10.1. The number of sulfonamides is 1. The van der Waals surface area contributed by atoms with Crippen LogP contribution in [0.1, 0.15) is 82.5 Å². The highest BCUT2D eigenvalue weighted by molar-refractivity contribution is 7.92. The molecule has 1 aliphatic heterocycles. The minimum absolute atomic E-state index is 0.0438. The lowest BCUT2D eigenvalue weighted by Gasteiger charge is -2.36. The molecule has 4 rings (SSSR count). The van der Waals surface area contributed by atoms with Gasteiger partial charge in [0.2, 0.25) is 5.91 Å². The van der Waals surface area contributed by atoms with Crippen molar-refractivity contribution in [3.05, 3.63) is 36.3 Å². The Kier molecular flexibility index (Phi) is 12.5. The van der Waals surface area contributed by atoms with E-state index >= 15 is 0 Å². The van der Waals surface area contributed by atoms with Crippen LogP contribution in [0.5, 0.6) is 5.75 Å². The zero-order chi connectivity index (χ0) is 33.4. The van der Waals surface area contributed by atoms with E-state index < -0.39 is 22.0 Å². The number of anilines is 1. The van der Waals surface area contributed by atoms with E-state index in [9.17, 15) is 23.1 Å². The Morgan fingerprint density at radius 2 is 1.87 bits per heavy atom. The van der Waals surface area contributed by atoms with E-state index in [1.54, 1.807) is 35.9 Å². The Balaban J connectivity index is 1.63. The van der Waals surface area contributed by atoms with Crippen LogP contribution >= 0.6 is 0 Å². The van der Waals surface area contributed by atoms with Gasteiger partial charge in [-0.05, 0) is 64.2 Å². The van der Waals surface area contributed by atoms with Crippen LogP contribution in [-0.2, 0) is 26.6 Å². The van der Waals surface area contributed by atoms with Crippen LogP contribution < -0.4 is 9.46 Å². The fourth-order valence-electron chi connectivity index (χ4n) is 6.20. The van der Waals surface area contributed by atoms with Crippen LogP contribution in [0.4, 0.5) is 5.69 Å². The fraction of sp³-hybridized carbons (Fsp3) is 0.667. The predicted octanol–water partition coefficient (Wildman–Crippen LogP) is 4.06. The molecule has 1 aromatic carbocycles. The van der Waals surface area contributed by atoms with Crippen LogP contribution in [0.3, 0.4) is 0 Å². The van der Waals surface area contributed by atoms with Crippen LogP contribution in [0.2, 0.25) is 0 Å². The molecule has 2 aliphatic rings. The minimum Gasteiger partial charge on any atom is -0.490 e. The van der Waals surface area contributed by atoms with E-state index in [1.807, 2.05) is 20.9 Å². The molecule has 4 atom stereocenters. The van der Waals surface area contributed by atoms with Crippen molar-refractivity contribution in [1.29, 1.82) is 0 Å². The van der Waals surface area contributed by atoms with E-state index in [0.29, 0.717) is 18.9 Å². The first-order chi connectivity index (χ1) is 21.9. The van der Waals surface area contributed by atoms with Crippen molar-refractivity contribution < 1.29 is 32.6 Å². The molecule has 2 amide bonds. The van der Waals surface area contributed by atoms with E-state index in [-0.39, 0.29) is 59.4 Å². The second-order valence-electron chi connectivity index (χ2n) is 13.0. The summed E-state index contributed by atoms with van der Waals surface area (Å²) in [4.78, 5) is 35.0. The van der Waals surface area contributed by atoms with Gasteiger partial charge >= 0.3 is 0 Å². The first-order valence-corrected chi connectivity index (χ1v) is 18.0. The molecular weight excluding hydrogens is 610 g/mol. The standard InChI is InChI=1S/C33H51N5O7S/c1-23-18-38(24(2)21-39)33(41)28-17-27(35-46(42,43)31-20-36(4)22-34-31)14-15-29(28)45-25(3)11-9-10-16-44-30(23)19-37(5)32(40)26-12-7-6-8-13-26/h14-15,17,20,22-26,30,35,39H,6-13,16,18-19,21H2,1-5H3/t23-,24-,25-,30-/m0/s1. The Morgan fingerprint density at radius 1 is 1.15 bits per heavy atom. The quantitative estimate of drug-likeness (QED) is 0.432. The van der Waals surface area contributed by atoms with E-state index in [2.05, 4.69) is 9.71 Å². The maximum Gasteiger partial charge on any atom is 0.280 e. The summed E-state index contributed by atoms with van der Waals surface area (Å²) in [6, 6.07) is 4.09. The van der Waals surface area contributed by atoms with Gasteiger partial charge in [-0.3, -0.25) is 14.3 Å². The van der Waals surface area contributed by atoms with Gasteiger partial charge in [0.1, 0.15) is 5.75 Å². The number of hydrogen-bond donors (Lipinski definition) is 2. The molecule has 0 bridgehead atoms. The van der Waals surface area contributed by atoms with Gasteiger partial charge in [0.15, 0.2) is 5.03 Å². The highest BCUT2D eigenvalue weighted by Crippen LogP contribution is 2.30. The third-order valence-corrected chi connectivity index (χ3v) is 10.3. The zero-order valence-corrected chi connectivity index (χ0v) is 28.7. The van der Waals surface area contributed by atoms with Gasteiger partial charge in [-0.1, -0.05) is 26.2 Å². The maximum atomic E-state index is 14.3. The first-order valence-electron chi connectivity index (χ1n) is 16.5. The Labute approximate surface area is 273 Å². The summed E-state index contributed by atoms with van der Waals surface area (Å²) in [7, 11) is -0.500. The summed E-state index contributed by atoms with van der Waals surface area (Å²) >= 11 is 0. The lowest BCUT2D eigenvalue weighted by molar-refractivity contribution is -0.137. The number of aromatic nitrogens is 2. The highest BCUT2D eigenvalue weighted by Gasteiger charge is 2.32. The maximum absolute atomic E-state index is 14.3. The van der Waals surface area contributed by atoms with Crippen molar-refractivity contribution in [3.8, 4) is 5.75 Å². The van der Waals surface area contributed by atoms with Crippen LogP contribution in [0, 0.1) is 11.8 Å². The van der Waals surface area contributed by atoms with E-state index in [4.69, 9.17) is 9.47 Å². The van der Waals surface area contributed by atoms with Crippen LogP contribution in [0.25, 0.3) is 0 Å². The number of ether oxygens (including phenoxy) is 2. The number of rotatable bonds is 8. The molecule has 46 heavy (non-hydrogen) atoms. The Morgan fingerprint density at radius 3 is 2.54 bits per heavy atom. The van der Waals surface area contributed by atoms with Crippen LogP contribution in [-0.4, -0.2) is 96.3 Å². The number of aliphatic hydroxyl groups is 1. The molecule has 0 unspecified atom stereocenters. The van der Waals surface area contributed by atoms with Crippen molar-refractivity contribution in [2.75, 3.05) is 38.1 Å². The van der Waals surface area contributed by atoms with Gasteiger partial charge < -0.3 is 28.9 Å². The van der Waals surface area contributed by atoms with Gasteiger partial charge in [-0.25, -0.2) is 4.98 Å². The number of nitrogens with zero attached hydrogens (tertiary/aromatic N) is 4. The molecule has 1 aromatic heterocycles. The number of nitrogens with one attached hydrogen (secondary N) is 1. The predicted molar refractivity (Wildman–Crippen MR) is 175 cm³/mol. The summed E-state index contributed by atoms with van der Waals surface area (Å²) in [5.74, 6) is -0.0632. The number of hydrogen-bond acceptors (Lipinski definition) is 8. The third-order valence-electron chi connectivity index (χ3n) is 9.04. The molecule has 0 spiro atoms. The average Bonchev–Trinajstić information content (AvgIpc) is 3.49. The number of likely N-dealkylation sites (N-methyl/N-ethyl adjacent to an activating group) is 1. The zero-order valence-electron chi connectivity index (χ0n) is 27.9. The summed E-state index contributed by atoms with van der Waals surface area (Å²) < 4.78 is 42.8. The van der Waals surface area contributed by atoms with Crippen molar-refractivity contribution in [1.82, 2.24) is 19.4 Å². The second-order valence-corrected chi connectivity index (χ2v) is 14.7. The second kappa shape index (κ2) is 16.1. The van der Waals surface area contributed by atoms with E-state index in [1.165, 1.54) is 29.6 Å². The summed E-state index contributed by atoms with van der Waals surface area (Å²) in [6.45, 7) is 6.59. The molecule has 12 nitrogen and oxygen atoms in total. The van der Waals surface area contributed by atoms with Gasteiger partial charge in [0.05, 0.1) is 36.7 Å². The smallest absolute Gasteiger partial charge is 0.280 e. The molecule has 1 saturated carbocycles. The van der Waals surface area contributed by atoms with Gasteiger partial charge in [-0.15, -0.1) is 0 Å². The Bertz CT molecular complexity index is 1430. The molecule has 13 heteroatoms. The molecule has 1 fully saturated rings. The number of aryl methyl sites for hydroxylation is 1. The number of carbonyl (C=O) groups is 2. The van der Waals surface area contributed by atoms with Crippen molar-refractivity contribution in [2.24, 2.45) is 18.9 Å². The number of amides is 2. The largest absolute Gasteiger partial charge is 0.490 e. The highest BCUT2D eigenvalue weighted by atomic mass is 32.2. The molecule has 2 aromatic rings. The number of aliphatic hydroxyl groups excluding tert-OH is 1. The number of carbonyl (C=O) groups excluding carboxylic acids is 2. The number of fused-ring (bicyclic) bond motifs is 1. The summed E-state index contributed by atoms with van der Waals surface area (Å²) in [5.41, 5.74) is 0.364. The first kappa shape index (κ1) is 35.7. The van der Waals surface area contributed by atoms with E-state index in [0.717, 1.165) is 44.9 Å². The van der Waals surface area contributed by atoms with Crippen LogP contribution in [0.15, 0.2) is 35.7 Å². The molecule has 1 aliphatic carbocycles. The van der Waals surface area contributed by atoms with Crippen molar-refractivity contribution in [3.63, 3.8) is 0 Å². The lowest BCUT2D eigenvalue weighted by atomic mass is 9.88. The average molecular weight is 662 g/mol. The minimum atomic E-state index is -4.01. The molecule has 2 heterocycles. The SMILES string of the molecule is C[C@H]1CCCCO[C@@H](CN(C)C(=O)C2CCCCC2)[C@@H](C)CN([C@@H](C)CO)C(=O)c2cc(NS(=O)(=O)c3cn(C)cn3)ccc2O1. The molecular formula is C33H51N5O7S. The van der Waals surface area contributed by atoms with Gasteiger partial charge in [-0.2, -0.15) is 8.42 Å². The third kappa shape index (κ3) is 9.22.